The van der Waals surface area contributed by atoms with Gasteiger partial charge in [0.1, 0.15) is 5.82 Å². The van der Waals surface area contributed by atoms with Gasteiger partial charge in [-0.2, -0.15) is 4.99 Å². The minimum atomic E-state index is -0.302. The molecule has 1 heterocycles. The highest BCUT2D eigenvalue weighted by Crippen LogP contribution is 2.21. The summed E-state index contributed by atoms with van der Waals surface area (Å²) in [5.41, 5.74) is 9.24. The monoisotopic (exact) mass is 320 g/mol. The highest BCUT2D eigenvalue weighted by molar-refractivity contribution is 5.94. The third-order valence-electron chi connectivity index (χ3n) is 3.50. The number of aromatic nitrogens is 1. The van der Waals surface area contributed by atoms with Gasteiger partial charge in [-0.15, -0.1) is 0 Å². The smallest absolute Gasteiger partial charge is 0.199 e. The Hall–Kier alpha value is -3.21. The maximum atomic E-state index is 13.4. The van der Waals surface area contributed by atoms with Crippen molar-refractivity contribution in [2.75, 3.05) is 5.32 Å². The number of guanidine groups is 1. The fourth-order valence-electron chi connectivity index (χ4n) is 2.30. The highest BCUT2D eigenvalue weighted by atomic mass is 19.1. The summed E-state index contributed by atoms with van der Waals surface area (Å²) in [5.74, 6) is 0.396. The molecule has 0 bridgehead atoms. The molecule has 0 amide bonds. The molecule has 24 heavy (non-hydrogen) atoms. The van der Waals surface area contributed by atoms with Gasteiger partial charge >= 0.3 is 0 Å². The SMILES string of the molecule is Cc1ccccc1N/C(N)=N/c1cccc(-c2cccc(F)c2)n1. The van der Waals surface area contributed by atoms with Crippen molar-refractivity contribution >= 4 is 17.5 Å². The standard InChI is InChI=1S/C19H17FN4/c1-13-6-2-3-9-16(13)23-19(21)24-18-11-5-10-17(22-18)14-7-4-8-15(20)12-14/h2-12H,1H3,(H3,21,22,23,24). The number of halogens is 1. The van der Waals surface area contributed by atoms with E-state index in [9.17, 15) is 4.39 Å². The second-order valence-electron chi connectivity index (χ2n) is 5.33. The van der Waals surface area contributed by atoms with Gasteiger partial charge in [0, 0.05) is 11.3 Å². The molecular formula is C19H17FN4. The van der Waals surface area contributed by atoms with Crippen molar-refractivity contribution in [3.63, 3.8) is 0 Å². The molecule has 3 N–H and O–H groups in total. The van der Waals surface area contributed by atoms with E-state index in [4.69, 9.17) is 5.73 Å². The maximum absolute atomic E-state index is 13.4. The number of aliphatic imine (C=N–C) groups is 1. The van der Waals surface area contributed by atoms with Gasteiger partial charge in [-0.1, -0.05) is 36.4 Å². The summed E-state index contributed by atoms with van der Waals surface area (Å²) >= 11 is 0. The van der Waals surface area contributed by atoms with E-state index in [2.05, 4.69) is 15.3 Å². The van der Waals surface area contributed by atoms with Gasteiger partial charge in [-0.05, 0) is 42.8 Å². The van der Waals surface area contributed by atoms with Crippen LogP contribution in [0.25, 0.3) is 11.3 Å². The zero-order chi connectivity index (χ0) is 16.9. The van der Waals surface area contributed by atoms with Crippen LogP contribution in [0.15, 0.2) is 71.7 Å². The summed E-state index contributed by atoms with van der Waals surface area (Å²) in [6, 6.07) is 19.4. The Balaban J connectivity index is 1.85. The Morgan fingerprint density at radius 1 is 1.04 bits per heavy atom. The van der Waals surface area contributed by atoms with Crippen molar-refractivity contribution in [2.24, 2.45) is 10.7 Å². The second-order valence-corrected chi connectivity index (χ2v) is 5.33. The van der Waals surface area contributed by atoms with E-state index in [0.717, 1.165) is 11.3 Å². The summed E-state index contributed by atoms with van der Waals surface area (Å²) in [4.78, 5) is 8.70. The van der Waals surface area contributed by atoms with Crippen LogP contribution in [-0.2, 0) is 0 Å². The van der Waals surface area contributed by atoms with Crippen LogP contribution in [0.2, 0.25) is 0 Å². The molecule has 0 atom stereocenters. The van der Waals surface area contributed by atoms with Gasteiger partial charge in [0.15, 0.2) is 11.8 Å². The molecule has 0 aliphatic carbocycles. The van der Waals surface area contributed by atoms with E-state index in [0.29, 0.717) is 17.1 Å². The van der Waals surface area contributed by atoms with Gasteiger partial charge in [0.2, 0.25) is 0 Å². The van der Waals surface area contributed by atoms with Crippen LogP contribution in [0, 0.1) is 12.7 Å². The normalized spacial score (nSPS) is 11.3. The molecule has 1 aromatic heterocycles. The quantitative estimate of drug-likeness (QED) is 0.560. The molecule has 3 aromatic rings. The lowest BCUT2D eigenvalue weighted by Gasteiger charge is -2.08. The zero-order valence-corrected chi connectivity index (χ0v) is 13.2. The average molecular weight is 320 g/mol. The van der Waals surface area contributed by atoms with E-state index in [1.54, 1.807) is 24.3 Å². The summed E-state index contributed by atoms with van der Waals surface area (Å²) in [5, 5.41) is 3.05. The number of aryl methyl sites for hydroxylation is 1. The summed E-state index contributed by atoms with van der Waals surface area (Å²) in [6.45, 7) is 1.98. The van der Waals surface area contributed by atoms with Crippen molar-refractivity contribution in [2.45, 2.75) is 6.92 Å². The van der Waals surface area contributed by atoms with Gasteiger partial charge in [0.05, 0.1) is 5.69 Å². The number of hydrogen-bond acceptors (Lipinski definition) is 2. The van der Waals surface area contributed by atoms with E-state index in [-0.39, 0.29) is 11.8 Å². The lowest BCUT2D eigenvalue weighted by molar-refractivity contribution is 0.628. The van der Waals surface area contributed by atoms with E-state index in [1.807, 2.05) is 37.3 Å². The Morgan fingerprint density at radius 2 is 1.83 bits per heavy atom. The van der Waals surface area contributed by atoms with Gasteiger partial charge in [0.25, 0.3) is 0 Å². The number of nitrogens with two attached hydrogens (primary N) is 1. The third-order valence-corrected chi connectivity index (χ3v) is 3.50. The Bertz CT molecular complexity index is 890. The lowest BCUT2D eigenvalue weighted by Crippen LogP contribution is -2.22. The van der Waals surface area contributed by atoms with Crippen molar-refractivity contribution < 1.29 is 4.39 Å². The molecule has 0 spiro atoms. The molecule has 3 rings (SSSR count). The average Bonchev–Trinajstić information content (AvgIpc) is 2.57. The number of hydrogen-bond donors (Lipinski definition) is 2. The van der Waals surface area contributed by atoms with Crippen LogP contribution in [0.4, 0.5) is 15.9 Å². The first kappa shape index (κ1) is 15.7. The number of nitrogens with zero attached hydrogens (tertiary/aromatic N) is 2. The topological polar surface area (TPSA) is 63.3 Å². The molecule has 0 saturated heterocycles. The Kier molecular flexibility index (Phi) is 4.52. The fraction of sp³-hybridized carbons (Fsp3) is 0.0526. The van der Waals surface area contributed by atoms with Crippen molar-refractivity contribution in [3.05, 3.63) is 78.1 Å². The highest BCUT2D eigenvalue weighted by Gasteiger charge is 2.03. The fourth-order valence-corrected chi connectivity index (χ4v) is 2.30. The minimum absolute atomic E-state index is 0.244. The van der Waals surface area contributed by atoms with E-state index >= 15 is 0 Å². The number of anilines is 1. The predicted molar refractivity (Wildman–Crippen MR) is 95.7 cm³/mol. The molecule has 5 heteroatoms. The number of para-hydroxylation sites is 1. The Morgan fingerprint density at radius 3 is 2.62 bits per heavy atom. The van der Waals surface area contributed by atoms with Gasteiger partial charge < -0.3 is 11.1 Å². The first-order chi connectivity index (χ1) is 11.6. The molecule has 0 radical (unpaired) electrons. The van der Waals surface area contributed by atoms with Crippen molar-refractivity contribution in [3.8, 4) is 11.3 Å². The molecule has 2 aromatic carbocycles. The molecule has 0 fully saturated rings. The summed E-state index contributed by atoms with van der Waals surface area (Å²) in [6.07, 6.45) is 0. The van der Waals surface area contributed by atoms with Crippen molar-refractivity contribution in [1.29, 1.82) is 0 Å². The van der Waals surface area contributed by atoms with Crippen LogP contribution in [0.5, 0.6) is 0 Å². The van der Waals surface area contributed by atoms with Crippen molar-refractivity contribution in [1.82, 2.24) is 4.98 Å². The molecule has 4 nitrogen and oxygen atoms in total. The number of benzene rings is 2. The molecule has 0 saturated carbocycles. The largest absolute Gasteiger partial charge is 0.369 e. The van der Waals surface area contributed by atoms with E-state index in [1.165, 1.54) is 12.1 Å². The molecular weight excluding hydrogens is 303 g/mol. The van der Waals surface area contributed by atoms with Crippen LogP contribution < -0.4 is 11.1 Å². The Labute approximate surface area is 139 Å². The molecule has 120 valence electrons. The van der Waals surface area contributed by atoms with Crippen LogP contribution >= 0.6 is 0 Å². The van der Waals surface area contributed by atoms with Crippen LogP contribution in [0.3, 0.4) is 0 Å². The maximum Gasteiger partial charge on any atom is 0.199 e. The van der Waals surface area contributed by atoms with Gasteiger partial charge in [-0.3, -0.25) is 0 Å². The minimum Gasteiger partial charge on any atom is -0.369 e. The summed E-state index contributed by atoms with van der Waals surface area (Å²) in [7, 11) is 0. The molecule has 0 unspecified atom stereocenters. The predicted octanol–water partition coefficient (Wildman–Crippen LogP) is 4.25. The molecule has 0 aliphatic rings. The molecule has 0 aliphatic heterocycles. The first-order valence-electron chi connectivity index (χ1n) is 7.51. The third kappa shape index (κ3) is 3.76. The van der Waals surface area contributed by atoms with Crippen LogP contribution in [-0.4, -0.2) is 10.9 Å². The number of nitrogens with one attached hydrogen (secondary N) is 1. The van der Waals surface area contributed by atoms with Crippen LogP contribution in [0.1, 0.15) is 5.56 Å². The lowest BCUT2D eigenvalue weighted by atomic mass is 10.1. The number of rotatable bonds is 3. The first-order valence-corrected chi connectivity index (χ1v) is 7.51. The number of pyridine rings is 1. The second kappa shape index (κ2) is 6.91. The summed E-state index contributed by atoms with van der Waals surface area (Å²) < 4.78 is 13.4. The zero-order valence-electron chi connectivity index (χ0n) is 13.2. The van der Waals surface area contributed by atoms with Gasteiger partial charge in [-0.25, -0.2) is 9.37 Å². The van der Waals surface area contributed by atoms with E-state index < -0.39 is 0 Å².